The van der Waals surface area contributed by atoms with E-state index in [4.69, 9.17) is 22.1 Å². The lowest BCUT2D eigenvalue weighted by atomic mass is 9.97. The molecule has 4 rings (SSSR count). The Labute approximate surface area is 305 Å². The predicted octanol–water partition coefficient (Wildman–Crippen LogP) is 4.29. The number of nitrogens with zero attached hydrogens (tertiary/aromatic N) is 3. The Morgan fingerprint density at radius 1 is 0.980 bits per heavy atom. The van der Waals surface area contributed by atoms with Gasteiger partial charge in [0, 0.05) is 20.2 Å². The molecule has 3 atom stereocenters. The highest BCUT2D eigenvalue weighted by Crippen LogP contribution is 2.26. The van der Waals surface area contributed by atoms with Gasteiger partial charge < -0.3 is 25.8 Å². The van der Waals surface area contributed by atoms with Crippen molar-refractivity contribution in [2.24, 2.45) is 11.8 Å². The van der Waals surface area contributed by atoms with E-state index in [-0.39, 0.29) is 54.1 Å². The van der Waals surface area contributed by atoms with Crippen LogP contribution in [0.2, 0.25) is 5.02 Å². The normalized spacial score (nSPS) is 15.6. The molecule has 12 nitrogen and oxygen atoms in total. The van der Waals surface area contributed by atoms with Gasteiger partial charge in [0.1, 0.15) is 12.6 Å². The van der Waals surface area contributed by atoms with Gasteiger partial charge in [-0.3, -0.25) is 14.5 Å². The van der Waals surface area contributed by atoms with Gasteiger partial charge in [-0.2, -0.15) is 4.31 Å². The van der Waals surface area contributed by atoms with E-state index in [9.17, 15) is 27.9 Å². The van der Waals surface area contributed by atoms with Crippen LogP contribution in [0.5, 0.6) is 0 Å². The Morgan fingerprint density at radius 2 is 1.65 bits per heavy atom. The number of aliphatic hydroxyl groups is 1. The monoisotopic (exact) mass is 741 g/mol. The maximum atomic E-state index is 14.1. The highest BCUT2D eigenvalue weighted by Gasteiger charge is 2.44. The molecule has 3 aromatic rings. The van der Waals surface area contributed by atoms with E-state index in [1.54, 1.807) is 21.0 Å². The number of halogens is 1. The fraction of sp³-hybridized carbons (Fsp3) is 0.432. The molecule has 1 heterocycles. The molecule has 0 spiro atoms. The minimum absolute atomic E-state index is 0.0347. The number of aliphatic hydroxyl groups excluding tert-OH is 1. The molecule has 0 saturated carbocycles. The van der Waals surface area contributed by atoms with Crippen molar-refractivity contribution in [2.75, 3.05) is 32.5 Å². The van der Waals surface area contributed by atoms with E-state index in [0.29, 0.717) is 6.61 Å². The van der Waals surface area contributed by atoms with E-state index in [1.807, 2.05) is 68.4 Å². The molecule has 1 unspecified atom stereocenters. The number of ether oxygens (including phenoxy) is 1. The van der Waals surface area contributed by atoms with Gasteiger partial charge in [0.15, 0.2) is 0 Å². The minimum Gasteiger partial charge on any atom is -0.397 e. The molecule has 51 heavy (non-hydrogen) atoms. The first-order chi connectivity index (χ1) is 24.1. The highest BCUT2D eigenvalue weighted by atomic mass is 35.5. The first kappa shape index (κ1) is 39.8. The quantitative estimate of drug-likeness (QED) is 0.136. The summed E-state index contributed by atoms with van der Waals surface area (Å²) in [4.78, 5) is 43.4. The summed E-state index contributed by atoms with van der Waals surface area (Å²) in [5, 5.41) is 14.9. The van der Waals surface area contributed by atoms with Gasteiger partial charge in [-0.25, -0.2) is 13.2 Å². The third-order valence-electron chi connectivity index (χ3n) is 8.62. The fourth-order valence-corrected chi connectivity index (χ4v) is 7.94. The number of methoxy groups -OCH3 is 1. The maximum Gasteiger partial charge on any atom is 0.328 e. The van der Waals surface area contributed by atoms with Crippen molar-refractivity contribution in [3.05, 3.63) is 94.5 Å². The summed E-state index contributed by atoms with van der Waals surface area (Å²) in [7, 11) is -2.56. The molecule has 1 aliphatic rings. The Balaban J connectivity index is 1.59. The number of hydrogen-bond acceptors (Lipinski definition) is 8. The highest BCUT2D eigenvalue weighted by molar-refractivity contribution is 7.89. The summed E-state index contributed by atoms with van der Waals surface area (Å²) in [6.07, 6.45) is -1.20. The van der Waals surface area contributed by atoms with Crippen LogP contribution in [0, 0.1) is 11.8 Å². The third kappa shape index (κ3) is 10.1. The second kappa shape index (κ2) is 17.5. The number of benzene rings is 3. The Kier molecular flexibility index (Phi) is 13.6. The fourth-order valence-electron chi connectivity index (χ4n) is 6.17. The zero-order valence-corrected chi connectivity index (χ0v) is 31.2. The van der Waals surface area contributed by atoms with Gasteiger partial charge in [0.05, 0.1) is 40.9 Å². The molecule has 1 saturated heterocycles. The zero-order chi connectivity index (χ0) is 37.5. The molecule has 1 aliphatic heterocycles. The predicted molar refractivity (Wildman–Crippen MR) is 196 cm³/mol. The summed E-state index contributed by atoms with van der Waals surface area (Å²) in [6.45, 7) is 7.12. The number of imide groups is 1. The van der Waals surface area contributed by atoms with Crippen molar-refractivity contribution >= 4 is 45.2 Å². The van der Waals surface area contributed by atoms with E-state index in [2.05, 4.69) is 5.32 Å². The van der Waals surface area contributed by atoms with Crippen molar-refractivity contribution in [1.29, 1.82) is 0 Å². The van der Waals surface area contributed by atoms with Crippen LogP contribution in [0.1, 0.15) is 44.4 Å². The molecule has 276 valence electrons. The topological polar surface area (TPSA) is 163 Å². The summed E-state index contributed by atoms with van der Waals surface area (Å²) < 4.78 is 34.1. The third-order valence-corrected chi connectivity index (χ3v) is 10.8. The lowest BCUT2D eigenvalue weighted by molar-refractivity contribution is -0.129. The van der Waals surface area contributed by atoms with Gasteiger partial charge in [-0.1, -0.05) is 93.9 Å². The number of rotatable bonds is 17. The molecule has 1 fully saturated rings. The first-order valence-corrected chi connectivity index (χ1v) is 18.7. The van der Waals surface area contributed by atoms with Gasteiger partial charge in [-0.15, -0.1) is 0 Å². The standard InChI is InChI=1S/C37H48ClN5O7S/c1-24(2)19-41(51(48,49)29-14-15-30(38)31(39)18-29)21-33(44)32(17-26-10-7-6-8-11-26)40-36(46)35(25(3)4)43-22-34(45)42(37(43)47)20-27-12-9-13-28(16-27)23-50-5/h6-16,18,24-25,32-33,35,44H,17,19-23,39H2,1-5H3,(H,40,46)/t32-,33+,35?/m0/s1. The van der Waals surface area contributed by atoms with Gasteiger partial charge in [-0.05, 0) is 53.1 Å². The number of nitrogen functional groups attached to an aromatic ring is 1. The van der Waals surface area contributed by atoms with E-state index in [0.717, 1.165) is 21.6 Å². The number of carbonyl (C=O) groups excluding carboxylic acids is 3. The smallest absolute Gasteiger partial charge is 0.328 e. The zero-order valence-electron chi connectivity index (χ0n) is 29.7. The molecular weight excluding hydrogens is 694 g/mol. The number of carbonyl (C=O) groups is 3. The van der Waals surface area contributed by atoms with Crippen LogP contribution in [-0.4, -0.2) is 90.4 Å². The summed E-state index contributed by atoms with van der Waals surface area (Å²) in [5.41, 5.74) is 8.46. The van der Waals surface area contributed by atoms with Gasteiger partial charge in [0.25, 0.3) is 5.91 Å². The summed E-state index contributed by atoms with van der Waals surface area (Å²) in [6, 6.07) is 18.0. The van der Waals surface area contributed by atoms with Crippen molar-refractivity contribution < 1.29 is 32.6 Å². The van der Waals surface area contributed by atoms with E-state index >= 15 is 0 Å². The number of hydrogen-bond donors (Lipinski definition) is 3. The van der Waals surface area contributed by atoms with Crippen LogP contribution in [0.25, 0.3) is 0 Å². The van der Waals surface area contributed by atoms with Crippen molar-refractivity contribution in [2.45, 2.75) is 70.4 Å². The van der Waals surface area contributed by atoms with Crippen LogP contribution in [0.4, 0.5) is 10.5 Å². The largest absolute Gasteiger partial charge is 0.397 e. The van der Waals surface area contributed by atoms with Crippen molar-refractivity contribution in [3.63, 3.8) is 0 Å². The summed E-state index contributed by atoms with van der Waals surface area (Å²) >= 11 is 6.05. The number of urea groups is 1. The SMILES string of the molecule is COCc1cccc(CN2C(=O)CN(C(C(=O)N[C@@H](Cc3ccccc3)[C@H](O)CN(CC(C)C)S(=O)(=O)c3ccc(Cl)c(N)c3)C(C)C)C2=O)c1. The second-order valence-corrected chi connectivity index (χ2v) is 15.9. The molecule has 0 bridgehead atoms. The second-order valence-electron chi connectivity index (χ2n) is 13.6. The average molecular weight is 742 g/mol. The summed E-state index contributed by atoms with van der Waals surface area (Å²) in [5.74, 6) is -1.52. The van der Waals surface area contributed by atoms with Gasteiger partial charge >= 0.3 is 6.03 Å². The number of amides is 4. The lowest BCUT2D eigenvalue weighted by Gasteiger charge is -2.34. The number of sulfonamides is 1. The number of nitrogens with one attached hydrogen (secondary N) is 1. The lowest BCUT2D eigenvalue weighted by Crippen LogP contribution is -2.57. The Bertz CT molecular complexity index is 1790. The van der Waals surface area contributed by atoms with Crippen LogP contribution >= 0.6 is 11.6 Å². The van der Waals surface area contributed by atoms with Gasteiger partial charge in [0.2, 0.25) is 15.9 Å². The Morgan fingerprint density at radius 3 is 2.27 bits per heavy atom. The van der Waals surface area contributed by atoms with Crippen molar-refractivity contribution in [1.82, 2.24) is 19.4 Å². The van der Waals surface area contributed by atoms with Crippen LogP contribution in [-0.2, 0) is 43.9 Å². The molecule has 3 aromatic carbocycles. The molecule has 4 N–H and O–H groups in total. The van der Waals surface area contributed by atoms with Crippen LogP contribution < -0.4 is 11.1 Å². The molecule has 0 aliphatic carbocycles. The van der Waals surface area contributed by atoms with E-state index < -0.39 is 52.0 Å². The molecule has 4 amide bonds. The van der Waals surface area contributed by atoms with Crippen LogP contribution in [0.15, 0.2) is 77.7 Å². The van der Waals surface area contributed by atoms with Crippen molar-refractivity contribution in [3.8, 4) is 0 Å². The average Bonchev–Trinajstić information content (AvgIpc) is 3.33. The van der Waals surface area contributed by atoms with Crippen LogP contribution in [0.3, 0.4) is 0 Å². The van der Waals surface area contributed by atoms with E-state index in [1.165, 1.54) is 27.4 Å². The molecular formula is C37H48ClN5O7S. The Hall–Kier alpha value is -4.01. The molecule has 0 radical (unpaired) electrons. The maximum absolute atomic E-state index is 14.1. The number of nitrogens with two attached hydrogens (primary N) is 1. The molecule has 0 aromatic heterocycles. The molecule has 14 heteroatoms. The minimum atomic E-state index is -4.14. The number of anilines is 1. The first-order valence-electron chi connectivity index (χ1n) is 16.9.